The van der Waals surface area contributed by atoms with Gasteiger partial charge in [0.25, 0.3) is 5.91 Å². The quantitative estimate of drug-likeness (QED) is 0.556. The number of nitrogens with zero attached hydrogens (tertiary/aromatic N) is 1. The van der Waals surface area contributed by atoms with Crippen LogP contribution in [0.4, 0.5) is 19.3 Å². The third kappa shape index (κ3) is 3.79. The lowest BCUT2D eigenvalue weighted by Gasteiger charge is -2.55. The van der Waals surface area contributed by atoms with Crippen molar-refractivity contribution in [1.82, 2.24) is 16.0 Å². The van der Waals surface area contributed by atoms with Crippen molar-refractivity contribution in [1.29, 1.82) is 0 Å². The van der Waals surface area contributed by atoms with Crippen LogP contribution in [0.2, 0.25) is 0 Å². The third-order valence-electron chi connectivity index (χ3n) is 6.98. The Morgan fingerprint density at radius 1 is 1.11 bits per heavy atom. The van der Waals surface area contributed by atoms with Crippen molar-refractivity contribution in [3.05, 3.63) is 64.7 Å². The number of imide groups is 2. The summed E-state index contributed by atoms with van der Waals surface area (Å²) in [5.74, 6) is -3.25. The van der Waals surface area contributed by atoms with Gasteiger partial charge in [-0.3, -0.25) is 25.0 Å². The summed E-state index contributed by atoms with van der Waals surface area (Å²) >= 11 is 0. The summed E-state index contributed by atoms with van der Waals surface area (Å²) in [6, 6.07) is 6.36. The van der Waals surface area contributed by atoms with Crippen molar-refractivity contribution in [3.63, 3.8) is 0 Å². The second kappa shape index (κ2) is 8.66. The van der Waals surface area contributed by atoms with Gasteiger partial charge in [0.15, 0.2) is 5.41 Å². The molecule has 1 spiro atoms. The number of benzene rings is 2. The average Bonchev–Trinajstić information content (AvgIpc) is 2.81. The van der Waals surface area contributed by atoms with Gasteiger partial charge < -0.3 is 15.0 Å². The number of carbonyl (C=O) groups is 4. The highest BCUT2D eigenvalue weighted by atomic mass is 19.1. The van der Waals surface area contributed by atoms with Crippen molar-refractivity contribution in [2.45, 2.75) is 45.1 Å². The summed E-state index contributed by atoms with van der Waals surface area (Å²) in [6.45, 7) is 3.79. The Bertz CT molecular complexity index is 1260. The largest absolute Gasteiger partial charge is 0.372 e. The van der Waals surface area contributed by atoms with Gasteiger partial charge >= 0.3 is 6.03 Å². The molecule has 3 atom stereocenters. The summed E-state index contributed by atoms with van der Waals surface area (Å²) in [6.07, 6.45) is -1.19. The van der Waals surface area contributed by atoms with E-state index in [9.17, 15) is 23.6 Å². The van der Waals surface area contributed by atoms with E-state index >= 15 is 4.39 Å². The van der Waals surface area contributed by atoms with Crippen molar-refractivity contribution in [3.8, 4) is 0 Å². The first kappa shape index (κ1) is 23.9. The first-order valence-electron chi connectivity index (χ1n) is 11.5. The smallest absolute Gasteiger partial charge is 0.328 e. The normalized spacial score (nSPS) is 24.5. The van der Waals surface area contributed by atoms with Crippen LogP contribution in [0.3, 0.4) is 0 Å². The maximum absolute atomic E-state index is 15.6. The molecule has 5 amide bonds. The van der Waals surface area contributed by atoms with Gasteiger partial charge in [-0.25, -0.2) is 13.6 Å². The number of carbonyl (C=O) groups excluding carboxylic acids is 4. The van der Waals surface area contributed by atoms with E-state index in [0.717, 1.165) is 6.07 Å². The van der Waals surface area contributed by atoms with E-state index in [0.29, 0.717) is 11.1 Å². The number of morpholine rings is 1. The fraction of sp³-hybridized carbons (Fsp3) is 0.360. The summed E-state index contributed by atoms with van der Waals surface area (Å²) < 4.78 is 34.6. The van der Waals surface area contributed by atoms with Gasteiger partial charge in [0, 0.05) is 25.1 Å². The number of barbiturate groups is 1. The lowest BCUT2D eigenvalue weighted by molar-refractivity contribution is -0.153. The molecule has 0 aromatic heterocycles. The van der Waals surface area contributed by atoms with Crippen molar-refractivity contribution >= 4 is 29.4 Å². The van der Waals surface area contributed by atoms with Crippen molar-refractivity contribution in [2.24, 2.45) is 5.41 Å². The molecule has 5 rings (SSSR count). The van der Waals surface area contributed by atoms with Gasteiger partial charge in [0.05, 0.1) is 23.9 Å². The number of rotatable bonds is 3. The molecule has 9 nitrogen and oxygen atoms in total. The van der Waals surface area contributed by atoms with E-state index in [1.165, 1.54) is 30.3 Å². The number of hydrogen-bond acceptors (Lipinski definition) is 6. The maximum Gasteiger partial charge on any atom is 0.328 e. The Labute approximate surface area is 205 Å². The molecule has 0 bridgehead atoms. The zero-order chi connectivity index (χ0) is 25.8. The van der Waals surface area contributed by atoms with E-state index in [1.807, 2.05) is 0 Å². The second-order valence-corrected chi connectivity index (χ2v) is 9.41. The maximum atomic E-state index is 15.6. The second-order valence-electron chi connectivity index (χ2n) is 9.41. The van der Waals surface area contributed by atoms with Crippen molar-refractivity contribution < 1.29 is 32.7 Å². The molecule has 3 aliphatic heterocycles. The highest BCUT2D eigenvalue weighted by Crippen LogP contribution is 2.47. The molecule has 3 heterocycles. The van der Waals surface area contributed by atoms with E-state index in [2.05, 4.69) is 16.0 Å². The molecule has 2 aromatic carbocycles. The van der Waals surface area contributed by atoms with Gasteiger partial charge in [-0.15, -0.1) is 0 Å². The topological polar surface area (TPSA) is 117 Å². The van der Waals surface area contributed by atoms with E-state index in [1.54, 1.807) is 18.7 Å². The van der Waals surface area contributed by atoms with Crippen LogP contribution in [-0.4, -0.2) is 48.5 Å². The SMILES string of the molecule is C[C@@H]1CN2c3c(F)cc(C(=O)NCc4ccc(F)cc4)cc3CC3(C(=O)NC(=O)NC3=O)[C@H]2[C@H](C)O1. The van der Waals surface area contributed by atoms with Crippen LogP contribution in [0.25, 0.3) is 0 Å². The Morgan fingerprint density at radius 3 is 2.44 bits per heavy atom. The predicted octanol–water partition coefficient (Wildman–Crippen LogP) is 1.79. The Kier molecular flexibility index (Phi) is 5.74. The fourth-order valence-corrected chi connectivity index (χ4v) is 5.55. The Hall–Kier alpha value is -3.86. The lowest BCUT2D eigenvalue weighted by Crippen LogP contribution is -2.75. The standard InChI is InChI=1S/C25H24F2N4O5/c1-12-11-31-19-16(9-25(20(31)13(2)36-12)22(33)29-24(35)30-23(25)34)7-15(8-18(19)27)21(32)28-10-14-3-5-17(26)6-4-14/h3-8,12-13,20H,9-11H2,1-2H3,(H,28,32)(H2,29,30,33,34,35)/t12-,13+,20-/m1/s1. The molecule has 0 radical (unpaired) electrons. The van der Waals surface area contributed by atoms with Gasteiger partial charge in [-0.05, 0) is 49.2 Å². The molecule has 3 aliphatic rings. The zero-order valence-electron chi connectivity index (χ0n) is 19.6. The molecule has 0 saturated carbocycles. The molecule has 2 fully saturated rings. The number of ether oxygens (including phenoxy) is 1. The molecule has 0 aliphatic carbocycles. The fourth-order valence-electron chi connectivity index (χ4n) is 5.55. The first-order chi connectivity index (χ1) is 17.1. The van der Waals surface area contributed by atoms with Crippen molar-refractivity contribution in [2.75, 3.05) is 11.4 Å². The number of fused-ring (bicyclic) bond motifs is 4. The van der Waals surface area contributed by atoms with Crippen LogP contribution in [0, 0.1) is 17.0 Å². The minimum absolute atomic E-state index is 0.00372. The molecule has 2 saturated heterocycles. The first-order valence-corrected chi connectivity index (χ1v) is 11.5. The number of nitrogens with one attached hydrogen (secondary N) is 3. The van der Waals surface area contributed by atoms with Crippen LogP contribution in [0.1, 0.15) is 35.3 Å². The molecule has 3 N–H and O–H groups in total. The zero-order valence-corrected chi connectivity index (χ0v) is 19.6. The number of hydrogen-bond donors (Lipinski definition) is 3. The van der Waals surface area contributed by atoms with E-state index in [4.69, 9.17) is 4.74 Å². The van der Waals surface area contributed by atoms with Crippen LogP contribution < -0.4 is 20.9 Å². The summed E-state index contributed by atoms with van der Waals surface area (Å²) in [5, 5.41) is 7.01. The molecule has 0 unspecified atom stereocenters. The Balaban J connectivity index is 1.53. The minimum atomic E-state index is -1.77. The number of amides is 5. The van der Waals surface area contributed by atoms with Gasteiger partial charge in [-0.2, -0.15) is 0 Å². The van der Waals surface area contributed by atoms with E-state index < -0.39 is 52.9 Å². The monoisotopic (exact) mass is 498 g/mol. The Morgan fingerprint density at radius 2 is 1.78 bits per heavy atom. The van der Waals surface area contributed by atoms with Gasteiger partial charge in [0.1, 0.15) is 11.6 Å². The summed E-state index contributed by atoms with van der Waals surface area (Å²) in [5.41, 5.74) is -0.624. The van der Waals surface area contributed by atoms with Gasteiger partial charge in [0.2, 0.25) is 11.8 Å². The number of urea groups is 1. The molecule has 188 valence electrons. The minimum Gasteiger partial charge on any atom is -0.372 e. The number of halogens is 2. The van der Waals surface area contributed by atoms with Crippen LogP contribution >= 0.6 is 0 Å². The average molecular weight is 498 g/mol. The van der Waals surface area contributed by atoms with Crippen LogP contribution in [0.5, 0.6) is 0 Å². The predicted molar refractivity (Wildman–Crippen MR) is 123 cm³/mol. The highest BCUT2D eigenvalue weighted by Gasteiger charge is 2.63. The van der Waals surface area contributed by atoms with Crippen LogP contribution in [0.15, 0.2) is 36.4 Å². The van der Waals surface area contributed by atoms with Gasteiger partial charge in [-0.1, -0.05) is 12.1 Å². The lowest BCUT2D eigenvalue weighted by atomic mass is 9.66. The molecule has 11 heteroatoms. The molecular formula is C25H24F2N4O5. The molecular weight excluding hydrogens is 474 g/mol. The highest BCUT2D eigenvalue weighted by molar-refractivity contribution is 6.20. The summed E-state index contributed by atoms with van der Waals surface area (Å²) in [4.78, 5) is 52.7. The van der Waals surface area contributed by atoms with Crippen LogP contribution in [-0.2, 0) is 27.3 Å². The molecule has 2 aromatic rings. The van der Waals surface area contributed by atoms with E-state index in [-0.39, 0.29) is 36.9 Å². The number of anilines is 1. The third-order valence-corrected chi connectivity index (χ3v) is 6.98. The summed E-state index contributed by atoms with van der Waals surface area (Å²) in [7, 11) is 0. The molecule has 36 heavy (non-hydrogen) atoms.